The molecule has 2 N–H and O–H groups in total. The van der Waals surface area contributed by atoms with Crippen molar-refractivity contribution in [2.24, 2.45) is 7.05 Å². The topological polar surface area (TPSA) is 63.0 Å². The van der Waals surface area contributed by atoms with Gasteiger partial charge in [0.25, 0.3) is 0 Å². The van der Waals surface area contributed by atoms with Gasteiger partial charge in [-0.3, -0.25) is 4.68 Å². The van der Waals surface area contributed by atoms with Gasteiger partial charge >= 0.3 is 0 Å². The highest BCUT2D eigenvalue weighted by molar-refractivity contribution is 5.45. The Morgan fingerprint density at radius 2 is 2.28 bits per heavy atom. The van der Waals surface area contributed by atoms with Crippen LogP contribution >= 0.6 is 0 Å². The number of aromatic nitrogens is 3. The monoisotopic (exact) mass is 246 g/mol. The van der Waals surface area contributed by atoms with E-state index in [4.69, 9.17) is 5.11 Å². The minimum atomic E-state index is 0.234. The molecule has 0 amide bonds. The minimum absolute atomic E-state index is 0.234. The van der Waals surface area contributed by atoms with Crippen molar-refractivity contribution in [2.75, 3.05) is 11.9 Å². The highest BCUT2D eigenvalue weighted by atomic mass is 16.2. The molecule has 5 nitrogen and oxygen atoms in total. The molecule has 0 saturated carbocycles. The molecule has 0 unspecified atom stereocenters. The summed E-state index contributed by atoms with van der Waals surface area (Å²) in [6, 6.07) is 8.24. The SMILES string of the molecule is Cn1nncc1CNc1cccc(CCCO)c1. The first-order chi connectivity index (χ1) is 8.79. The van der Waals surface area contributed by atoms with Crippen molar-refractivity contribution in [3.8, 4) is 0 Å². The Morgan fingerprint density at radius 3 is 3.00 bits per heavy atom. The highest BCUT2D eigenvalue weighted by Crippen LogP contribution is 2.13. The predicted molar refractivity (Wildman–Crippen MR) is 70.2 cm³/mol. The quantitative estimate of drug-likeness (QED) is 0.807. The lowest BCUT2D eigenvalue weighted by molar-refractivity contribution is 0.288. The van der Waals surface area contributed by atoms with Gasteiger partial charge in [0, 0.05) is 19.3 Å². The molecule has 0 aliphatic carbocycles. The summed E-state index contributed by atoms with van der Waals surface area (Å²) in [6.07, 6.45) is 3.46. The Labute approximate surface area is 106 Å². The first kappa shape index (κ1) is 12.6. The predicted octanol–water partition coefficient (Wildman–Crippen LogP) is 1.35. The number of nitrogens with one attached hydrogen (secondary N) is 1. The molecule has 1 aromatic carbocycles. The smallest absolute Gasteiger partial charge is 0.0774 e. The number of anilines is 1. The maximum absolute atomic E-state index is 8.82. The van der Waals surface area contributed by atoms with Crippen molar-refractivity contribution in [1.29, 1.82) is 0 Å². The summed E-state index contributed by atoms with van der Waals surface area (Å²) >= 11 is 0. The minimum Gasteiger partial charge on any atom is -0.396 e. The van der Waals surface area contributed by atoms with Crippen LogP contribution in [-0.2, 0) is 20.0 Å². The zero-order valence-corrected chi connectivity index (χ0v) is 10.5. The summed E-state index contributed by atoms with van der Waals surface area (Å²) in [5, 5.41) is 19.9. The second-order valence-corrected chi connectivity index (χ2v) is 4.23. The third kappa shape index (κ3) is 3.30. The number of aliphatic hydroxyl groups excluding tert-OH is 1. The molecule has 1 aromatic heterocycles. The van der Waals surface area contributed by atoms with Crippen molar-refractivity contribution in [2.45, 2.75) is 19.4 Å². The van der Waals surface area contributed by atoms with Gasteiger partial charge in [0.1, 0.15) is 0 Å². The van der Waals surface area contributed by atoms with Gasteiger partial charge in [-0.15, -0.1) is 5.10 Å². The molecule has 96 valence electrons. The normalized spacial score (nSPS) is 10.6. The van der Waals surface area contributed by atoms with E-state index in [1.807, 2.05) is 19.2 Å². The van der Waals surface area contributed by atoms with E-state index in [1.165, 1.54) is 5.56 Å². The van der Waals surface area contributed by atoms with Crippen molar-refractivity contribution < 1.29 is 5.11 Å². The number of benzene rings is 1. The molecule has 0 aliphatic heterocycles. The summed E-state index contributed by atoms with van der Waals surface area (Å²) < 4.78 is 1.75. The van der Waals surface area contributed by atoms with Gasteiger partial charge in [-0.05, 0) is 30.5 Å². The fourth-order valence-corrected chi connectivity index (χ4v) is 1.78. The fraction of sp³-hybridized carbons (Fsp3) is 0.385. The zero-order chi connectivity index (χ0) is 12.8. The second-order valence-electron chi connectivity index (χ2n) is 4.23. The molecule has 0 bridgehead atoms. The van der Waals surface area contributed by atoms with Gasteiger partial charge in [0.2, 0.25) is 0 Å². The van der Waals surface area contributed by atoms with E-state index >= 15 is 0 Å². The Bertz CT molecular complexity index is 495. The summed E-state index contributed by atoms with van der Waals surface area (Å²) in [4.78, 5) is 0. The summed E-state index contributed by atoms with van der Waals surface area (Å²) in [5.41, 5.74) is 3.35. The average Bonchev–Trinajstić information content (AvgIpc) is 2.80. The van der Waals surface area contributed by atoms with Crippen LogP contribution in [0.25, 0.3) is 0 Å². The molecule has 2 rings (SSSR count). The van der Waals surface area contributed by atoms with Crippen LogP contribution in [0.3, 0.4) is 0 Å². The van der Waals surface area contributed by atoms with E-state index in [0.29, 0.717) is 6.54 Å². The van der Waals surface area contributed by atoms with E-state index in [2.05, 4.69) is 27.8 Å². The van der Waals surface area contributed by atoms with Crippen molar-refractivity contribution >= 4 is 5.69 Å². The zero-order valence-electron chi connectivity index (χ0n) is 10.5. The molecular weight excluding hydrogens is 228 g/mol. The first-order valence-corrected chi connectivity index (χ1v) is 6.07. The molecule has 0 saturated heterocycles. The Morgan fingerprint density at radius 1 is 1.39 bits per heavy atom. The van der Waals surface area contributed by atoms with E-state index in [9.17, 15) is 0 Å². The molecule has 1 heterocycles. The van der Waals surface area contributed by atoms with E-state index in [0.717, 1.165) is 24.2 Å². The number of nitrogens with zero attached hydrogens (tertiary/aromatic N) is 3. The maximum Gasteiger partial charge on any atom is 0.0774 e. The molecule has 5 heteroatoms. The van der Waals surface area contributed by atoms with Crippen LogP contribution in [0.2, 0.25) is 0 Å². The van der Waals surface area contributed by atoms with Gasteiger partial charge in [0.15, 0.2) is 0 Å². The summed E-state index contributed by atoms with van der Waals surface area (Å²) in [5.74, 6) is 0. The highest BCUT2D eigenvalue weighted by Gasteiger charge is 2.00. The molecule has 0 atom stereocenters. The number of rotatable bonds is 6. The lowest BCUT2D eigenvalue weighted by atomic mass is 10.1. The van der Waals surface area contributed by atoms with E-state index in [1.54, 1.807) is 10.9 Å². The molecule has 0 aliphatic rings. The van der Waals surface area contributed by atoms with E-state index < -0.39 is 0 Å². The van der Waals surface area contributed by atoms with Gasteiger partial charge < -0.3 is 10.4 Å². The number of hydrogen-bond donors (Lipinski definition) is 2. The van der Waals surface area contributed by atoms with Gasteiger partial charge in [-0.2, -0.15) is 0 Å². The van der Waals surface area contributed by atoms with Crippen molar-refractivity contribution in [1.82, 2.24) is 15.0 Å². The molecular formula is C13H18N4O. The Hall–Kier alpha value is -1.88. The number of aliphatic hydroxyl groups is 1. The third-order valence-corrected chi connectivity index (χ3v) is 2.83. The van der Waals surface area contributed by atoms with Crippen LogP contribution in [0, 0.1) is 0 Å². The van der Waals surface area contributed by atoms with Gasteiger partial charge in [-0.25, -0.2) is 0 Å². The van der Waals surface area contributed by atoms with E-state index in [-0.39, 0.29) is 6.61 Å². The Balaban J connectivity index is 1.95. The Kier molecular flexibility index (Phi) is 4.30. The lowest BCUT2D eigenvalue weighted by Gasteiger charge is -2.08. The van der Waals surface area contributed by atoms with Gasteiger partial charge in [-0.1, -0.05) is 17.3 Å². The fourth-order valence-electron chi connectivity index (χ4n) is 1.78. The van der Waals surface area contributed by atoms with Crippen LogP contribution in [0.15, 0.2) is 30.5 Å². The average molecular weight is 246 g/mol. The van der Waals surface area contributed by atoms with Crippen molar-refractivity contribution in [3.05, 3.63) is 41.7 Å². The van der Waals surface area contributed by atoms with Crippen LogP contribution in [0.4, 0.5) is 5.69 Å². The maximum atomic E-state index is 8.82. The number of hydrogen-bond acceptors (Lipinski definition) is 4. The summed E-state index contributed by atoms with van der Waals surface area (Å²) in [7, 11) is 1.88. The van der Waals surface area contributed by atoms with Crippen molar-refractivity contribution in [3.63, 3.8) is 0 Å². The molecule has 2 aromatic rings. The first-order valence-electron chi connectivity index (χ1n) is 6.07. The molecule has 0 radical (unpaired) electrons. The number of aryl methyl sites for hydroxylation is 2. The van der Waals surface area contributed by atoms with Gasteiger partial charge in [0.05, 0.1) is 18.4 Å². The van der Waals surface area contributed by atoms with Crippen LogP contribution in [-0.4, -0.2) is 26.7 Å². The van der Waals surface area contributed by atoms with Crippen LogP contribution in [0.5, 0.6) is 0 Å². The molecule has 0 spiro atoms. The molecule has 18 heavy (non-hydrogen) atoms. The molecule has 0 fully saturated rings. The van der Waals surface area contributed by atoms with Crippen LogP contribution in [0.1, 0.15) is 17.7 Å². The van der Waals surface area contributed by atoms with Crippen LogP contribution < -0.4 is 5.32 Å². The largest absolute Gasteiger partial charge is 0.396 e. The third-order valence-electron chi connectivity index (χ3n) is 2.83. The summed E-state index contributed by atoms with van der Waals surface area (Å²) in [6.45, 7) is 0.936. The lowest BCUT2D eigenvalue weighted by Crippen LogP contribution is -2.05. The second kappa shape index (κ2) is 6.16. The standard InChI is InChI=1S/C13H18N4O/c1-17-13(10-15-16-17)9-14-12-6-2-4-11(8-12)5-3-7-18/h2,4,6,8,10,14,18H,3,5,7,9H2,1H3.